The first-order valence-electron chi connectivity index (χ1n) is 9.93. The molecule has 0 saturated heterocycles. The number of ether oxygens (including phenoxy) is 2. The Morgan fingerprint density at radius 3 is 2.56 bits per heavy atom. The van der Waals surface area contributed by atoms with Crippen molar-refractivity contribution in [2.45, 2.75) is 6.61 Å². The number of halogens is 1. The second kappa shape index (κ2) is 10.7. The molecule has 0 saturated carbocycles. The summed E-state index contributed by atoms with van der Waals surface area (Å²) in [5.41, 5.74) is 5.14. The van der Waals surface area contributed by atoms with Crippen molar-refractivity contribution in [2.75, 3.05) is 6.61 Å². The Bertz CT molecular complexity index is 1220. The molecule has 160 valence electrons. The first-order valence-corrected chi connectivity index (χ1v) is 11.0. The zero-order chi connectivity index (χ0) is 22.2. The minimum atomic E-state index is -0.355. The Labute approximate surface area is 199 Å². The largest absolute Gasteiger partial charge is 0.489 e. The molecule has 3 aromatic carbocycles. The van der Waals surface area contributed by atoms with E-state index in [1.54, 1.807) is 18.5 Å². The van der Waals surface area contributed by atoms with E-state index in [4.69, 9.17) is 9.47 Å². The summed E-state index contributed by atoms with van der Waals surface area (Å²) in [6, 6.07) is 25.1. The fourth-order valence-corrected chi connectivity index (χ4v) is 3.30. The molecule has 4 aromatic rings. The minimum Gasteiger partial charge on any atom is -0.489 e. The number of hydrogen-bond acceptors (Lipinski definition) is 5. The van der Waals surface area contributed by atoms with Gasteiger partial charge in [0.2, 0.25) is 0 Å². The summed E-state index contributed by atoms with van der Waals surface area (Å²) in [6.45, 7) is 0.352. The summed E-state index contributed by atoms with van der Waals surface area (Å²) in [7, 11) is 0. The molecular formula is C25H20IN3O3. The summed E-state index contributed by atoms with van der Waals surface area (Å²) in [5, 5.41) is 4.94. The summed E-state index contributed by atoms with van der Waals surface area (Å²) < 4.78 is 12.6. The molecule has 0 radical (unpaired) electrons. The Kier molecular flexibility index (Phi) is 7.29. The van der Waals surface area contributed by atoms with Gasteiger partial charge >= 0.3 is 0 Å². The topological polar surface area (TPSA) is 72.8 Å². The Hall–Kier alpha value is -3.46. The van der Waals surface area contributed by atoms with Crippen molar-refractivity contribution in [3.8, 4) is 11.5 Å². The van der Waals surface area contributed by atoms with Gasteiger partial charge in [-0.2, -0.15) is 5.10 Å². The van der Waals surface area contributed by atoms with Crippen LogP contribution >= 0.6 is 22.6 Å². The van der Waals surface area contributed by atoms with Gasteiger partial charge in [-0.1, -0.05) is 30.3 Å². The molecule has 7 heteroatoms. The molecule has 0 unspecified atom stereocenters. The fraction of sp³-hybridized carbons (Fsp3) is 0.0800. The Morgan fingerprint density at radius 1 is 0.969 bits per heavy atom. The van der Waals surface area contributed by atoms with E-state index in [0.29, 0.717) is 12.4 Å². The molecule has 0 aliphatic rings. The van der Waals surface area contributed by atoms with Crippen LogP contribution < -0.4 is 14.9 Å². The lowest BCUT2D eigenvalue weighted by atomic mass is 10.2. The second-order valence-electron chi connectivity index (χ2n) is 6.90. The van der Waals surface area contributed by atoms with E-state index in [1.807, 2.05) is 60.7 Å². The fourth-order valence-electron chi connectivity index (χ4n) is 2.94. The number of para-hydroxylation sites is 1. The third kappa shape index (κ3) is 6.04. The summed E-state index contributed by atoms with van der Waals surface area (Å²) in [6.07, 6.45) is 3.26. The molecule has 1 amide bonds. The SMILES string of the molecule is O=C(COc1cccc2cccnc12)N/N=C\c1ccc(OCc2ccc(I)cc2)cc1. The van der Waals surface area contributed by atoms with Crippen molar-refractivity contribution in [1.29, 1.82) is 0 Å². The lowest BCUT2D eigenvalue weighted by Gasteiger charge is -2.07. The van der Waals surface area contributed by atoms with E-state index in [9.17, 15) is 4.79 Å². The van der Waals surface area contributed by atoms with E-state index in [1.165, 1.54) is 3.57 Å². The number of aromatic nitrogens is 1. The van der Waals surface area contributed by atoms with Gasteiger partial charge in [0.05, 0.1) is 6.21 Å². The van der Waals surface area contributed by atoms with Crippen molar-refractivity contribution >= 4 is 45.6 Å². The van der Waals surface area contributed by atoms with Gasteiger partial charge < -0.3 is 9.47 Å². The zero-order valence-corrected chi connectivity index (χ0v) is 19.2. The number of carbonyl (C=O) groups is 1. The second-order valence-corrected chi connectivity index (χ2v) is 8.14. The molecule has 0 aliphatic heterocycles. The molecule has 0 fully saturated rings. The van der Waals surface area contributed by atoms with E-state index < -0.39 is 0 Å². The van der Waals surface area contributed by atoms with Crippen LogP contribution in [0.3, 0.4) is 0 Å². The summed E-state index contributed by atoms with van der Waals surface area (Å²) in [5.74, 6) is 0.969. The van der Waals surface area contributed by atoms with Crippen molar-refractivity contribution < 1.29 is 14.3 Å². The van der Waals surface area contributed by atoms with Crippen LogP contribution in [0.2, 0.25) is 0 Å². The van der Waals surface area contributed by atoms with Gasteiger partial charge in [0.25, 0.3) is 5.91 Å². The maximum Gasteiger partial charge on any atom is 0.277 e. The molecule has 4 rings (SSSR count). The third-order valence-corrected chi connectivity index (χ3v) is 5.28. The van der Waals surface area contributed by atoms with Crippen molar-refractivity contribution in [1.82, 2.24) is 10.4 Å². The van der Waals surface area contributed by atoms with Crippen LogP contribution in [0, 0.1) is 3.57 Å². The molecule has 1 N–H and O–H groups in total. The third-order valence-electron chi connectivity index (χ3n) is 4.56. The van der Waals surface area contributed by atoms with E-state index >= 15 is 0 Å². The normalized spacial score (nSPS) is 10.9. The van der Waals surface area contributed by atoms with Gasteiger partial charge in [0, 0.05) is 15.2 Å². The van der Waals surface area contributed by atoms with Gasteiger partial charge in [0.15, 0.2) is 6.61 Å². The highest BCUT2D eigenvalue weighted by molar-refractivity contribution is 14.1. The number of nitrogens with zero attached hydrogens (tertiary/aromatic N) is 2. The van der Waals surface area contributed by atoms with Crippen LogP contribution in [-0.4, -0.2) is 23.7 Å². The molecular weight excluding hydrogens is 517 g/mol. The van der Waals surface area contributed by atoms with Crippen LogP contribution in [0.15, 0.2) is 90.2 Å². The Balaban J connectivity index is 1.24. The average molecular weight is 537 g/mol. The highest BCUT2D eigenvalue weighted by atomic mass is 127. The number of amides is 1. The van der Waals surface area contributed by atoms with Crippen molar-refractivity contribution in [3.05, 3.63) is 99.8 Å². The molecule has 0 spiro atoms. The van der Waals surface area contributed by atoms with Crippen LogP contribution in [0.4, 0.5) is 0 Å². The van der Waals surface area contributed by atoms with Gasteiger partial charge in [-0.3, -0.25) is 9.78 Å². The van der Waals surface area contributed by atoms with E-state index in [2.05, 4.69) is 50.2 Å². The van der Waals surface area contributed by atoms with Gasteiger partial charge in [-0.15, -0.1) is 0 Å². The lowest BCUT2D eigenvalue weighted by Crippen LogP contribution is -2.24. The predicted molar refractivity (Wildman–Crippen MR) is 133 cm³/mol. The molecule has 0 bridgehead atoms. The highest BCUT2D eigenvalue weighted by Gasteiger charge is 2.06. The number of carbonyl (C=O) groups excluding carboxylic acids is 1. The number of pyridine rings is 1. The molecule has 1 aromatic heterocycles. The first-order chi connectivity index (χ1) is 15.7. The minimum absolute atomic E-state index is 0.154. The maximum atomic E-state index is 12.0. The average Bonchev–Trinajstić information content (AvgIpc) is 2.83. The lowest BCUT2D eigenvalue weighted by molar-refractivity contribution is -0.123. The zero-order valence-electron chi connectivity index (χ0n) is 17.1. The number of hydrogen-bond donors (Lipinski definition) is 1. The van der Waals surface area contributed by atoms with E-state index in [-0.39, 0.29) is 12.5 Å². The first kappa shape index (κ1) is 21.8. The number of rotatable bonds is 8. The molecule has 1 heterocycles. The molecule has 6 nitrogen and oxygen atoms in total. The number of hydrazone groups is 1. The highest BCUT2D eigenvalue weighted by Crippen LogP contribution is 2.22. The quantitative estimate of drug-likeness (QED) is 0.196. The number of nitrogens with one attached hydrogen (secondary N) is 1. The van der Waals surface area contributed by atoms with Crippen LogP contribution in [0.1, 0.15) is 11.1 Å². The molecule has 0 atom stereocenters. The monoisotopic (exact) mass is 537 g/mol. The van der Waals surface area contributed by atoms with Gasteiger partial charge in [0.1, 0.15) is 23.6 Å². The van der Waals surface area contributed by atoms with Gasteiger partial charge in [-0.25, -0.2) is 5.43 Å². The smallest absolute Gasteiger partial charge is 0.277 e. The van der Waals surface area contributed by atoms with Crippen LogP contribution in [0.25, 0.3) is 10.9 Å². The summed E-state index contributed by atoms with van der Waals surface area (Å²) >= 11 is 2.28. The van der Waals surface area contributed by atoms with Crippen molar-refractivity contribution in [2.24, 2.45) is 5.10 Å². The van der Waals surface area contributed by atoms with Gasteiger partial charge in [-0.05, 0) is 82.2 Å². The standard InChI is InChI=1S/C25H20IN3O3/c26-21-10-6-19(7-11-21)16-31-22-12-8-18(9-13-22)15-28-29-24(30)17-32-23-5-1-3-20-4-2-14-27-25(20)23/h1-15H,16-17H2,(H,29,30)/b28-15-. The van der Waals surface area contributed by atoms with Crippen molar-refractivity contribution in [3.63, 3.8) is 0 Å². The maximum absolute atomic E-state index is 12.0. The van der Waals surface area contributed by atoms with E-state index in [0.717, 1.165) is 27.8 Å². The van der Waals surface area contributed by atoms with Crippen LogP contribution in [0.5, 0.6) is 11.5 Å². The Morgan fingerprint density at radius 2 is 1.75 bits per heavy atom. The molecule has 32 heavy (non-hydrogen) atoms. The number of benzene rings is 3. The molecule has 0 aliphatic carbocycles. The predicted octanol–water partition coefficient (Wildman–Crippen LogP) is 4.95. The van der Waals surface area contributed by atoms with Crippen LogP contribution in [-0.2, 0) is 11.4 Å². The summed E-state index contributed by atoms with van der Waals surface area (Å²) in [4.78, 5) is 16.4. The number of fused-ring (bicyclic) bond motifs is 1.